The summed E-state index contributed by atoms with van der Waals surface area (Å²) in [5.41, 5.74) is -2.91. The number of amides is 1. The number of alkyl halides is 3. The lowest BCUT2D eigenvalue weighted by Crippen LogP contribution is -2.32. The zero-order valence-corrected chi connectivity index (χ0v) is 18.1. The minimum Gasteiger partial charge on any atom is -0.480 e. The number of anilines is 1. The van der Waals surface area contributed by atoms with E-state index >= 15 is 4.39 Å². The largest absolute Gasteiger partial charge is 0.480 e. The van der Waals surface area contributed by atoms with Gasteiger partial charge in [0.2, 0.25) is 0 Å². The highest BCUT2D eigenvalue weighted by Crippen LogP contribution is 2.31. The van der Waals surface area contributed by atoms with Crippen molar-refractivity contribution in [2.75, 3.05) is 5.32 Å². The van der Waals surface area contributed by atoms with Gasteiger partial charge < -0.3 is 10.1 Å². The number of hydrogen-bond acceptors (Lipinski definition) is 4. The molecule has 0 fully saturated rings. The number of benzene rings is 2. The number of fused-ring (bicyclic) bond motifs is 1. The van der Waals surface area contributed by atoms with E-state index in [1.54, 1.807) is 0 Å². The Morgan fingerprint density at radius 3 is 2.43 bits per heavy atom. The number of aryl methyl sites for hydroxylation is 1. The summed E-state index contributed by atoms with van der Waals surface area (Å²) in [7, 11) is 0. The lowest BCUT2D eigenvalue weighted by atomic mass is 10.1. The van der Waals surface area contributed by atoms with Gasteiger partial charge in [-0.3, -0.25) is 9.36 Å². The molecule has 186 valence electrons. The van der Waals surface area contributed by atoms with Crippen molar-refractivity contribution < 1.29 is 35.9 Å². The third-order valence-corrected chi connectivity index (χ3v) is 5.46. The SMILES string of the molecule is CC(Oc1cc(-n2nc3n(c2=O)CCCC3)c(F)cc1C(=O)Nc1c(F)cccc1F)C(F)(F)F. The summed E-state index contributed by atoms with van der Waals surface area (Å²) in [6, 6.07) is 3.98. The van der Waals surface area contributed by atoms with Crippen molar-refractivity contribution in [3.8, 4) is 11.4 Å². The van der Waals surface area contributed by atoms with E-state index in [1.165, 1.54) is 4.57 Å². The average Bonchev–Trinajstić information content (AvgIpc) is 3.13. The summed E-state index contributed by atoms with van der Waals surface area (Å²) in [5, 5.41) is 5.95. The van der Waals surface area contributed by atoms with Gasteiger partial charge in [0.25, 0.3) is 5.91 Å². The molecule has 1 N–H and O–H groups in total. The highest BCUT2D eigenvalue weighted by atomic mass is 19.4. The number of carbonyl (C=O) groups is 1. The van der Waals surface area contributed by atoms with Crippen molar-refractivity contribution >= 4 is 11.6 Å². The van der Waals surface area contributed by atoms with Crippen molar-refractivity contribution in [2.24, 2.45) is 0 Å². The molecule has 0 saturated heterocycles. The smallest absolute Gasteiger partial charge is 0.425 e. The molecule has 1 atom stereocenters. The maximum atomic E-state index is 15.1. The first kappa shape index (κ1) is 24.4. The molecule has 0 bridgehead atoms. The van der Waals surface area contributed by atoms with Gasteiger partial charge in [0.05, 0.1) is 5.56 Å². The quantitative estimate of drug-likeness (QED) is 0.528. The minimum atomic E-state index is -4.86. The average molecular weight is 500 g/mol. The molecule has 1 aliphatic heterocycles. The molecule has 0 spiro atoms. The van der Waals surface area contributed by atoms with Crippen molar-refractivity contribution in [1.82, 2.24) is 14.3 Å². The molecule has 13 heteroatoms. The summed E-state index contributed by atoms with van der Waals surface area (Å²) < 4.78 is 89.4. The molecular formula is C22H18F6N4O3. The number of rotatable bonds is 5. The maximum absolute atomic E-state index is 15.1. The Kier molecular flexibility index (Phi) is 6.34. The van der Waals surface area contributed by atoms with Crippen LogP contribution in [0, 0.1) is 17.5 Å². The summed E-state index contributed by atoms with van der Waals surface area (Å²) in [6.07, 6.45) is -5.39. The number of aromatic nitrogens is 3. The molecule has 35 heavy (non-hydrogen) atoms. The van der Waals surface area contributed by atoms with E-state index in [0.29, 0.717) is 42.9 Å². The Morgan fingerprint density at radius 2 is 1.80 bits per heavy atom. The Labute approximate surface area is 193 Å². The van der Waals surface area contributed by atoms with Crippen LogP contribution in [0.1, 0.15) is 35.9 Å². The molecule has 1 aliphatic rings. The van der Waals surface area contributed by atoms with E-state index < -0.39 is 64.0 Å². The van der Waals surface area contributed by atoms with Crippen LogP contribution in [0.15, 0.2) is 35.1 Å². The number of nitrogens with zero attached hydrogens (tertiary/aromatic N) is 3. The number of para-hydroxylation sites is 1. The number of hydrogen-bond donors (Lipinski definition) is 1. The van der Waals surface area contributed by atoms with E-state index in [1.807, 2.05) is 5.32 Å². The zero-order valence-electron chi connectivity index (χ0n) is 18.1. The number of ether oxygens (including phenoxy) is 1. The van der Waals surface area contributed by atoms with Crippen LogP contribution in [0.2, 0.25) is 0 Å². The molecule has 0 saturated carbocycles. The molecule has 0 radical (unpaired) electrons. The topological polar surface area (TPSA) is 78.2 Å². The molecule has 1 aromatic heterocycles. The Balaban J connectivity index is 1.81. The van der Waals surface area contributed by atoms with Gasteiger partial charge in [-0.1, -0.05) is 6.07 Å². The summed E-state index contributed by atoms with van der Waals surface area (Å²) >= 11 is 0. The predicted octanol–water partition coefficient (Wildman–Crippen LogP) is 4.37. The molecule has 7 nitrogen and oxygen atoms in total. The van der Waals surface area contributed by atoms with Crippen LogP contribution in [0.25, 0.3) is 5.69 Å². The Bertz CT molecular complexity index is 1330. The van der Waals surface area contributed by atoms with Gasteiger partial charge in [0, 0.05) is 19.0 Å². The molecule has 4 rings (SSSR count). The van der Waals surface area contributed by atoms with Gasteiger partial charge in [0.15, 0.2) is 6.10 Å². The maximum Gasteiger partial charge on any atom is 0.425 e. The van der Waals surface area contributed by atoms with Gasteiger partial charge >= 0.3 is 11.9 Å². The van der Waals surface area contributed by atoms with Gasteiger partial charge in [-0.05, 0) is 38.0 Å². The Morgan fingerprint density at radius 1 is 1.11 bits per heavy atom. The fourth-order valence-electron chi connectivity index (χ4n) is 3.59. The highest BCUT2D eigenvalue weighted by Gasteiger charge is 2.39. The van der Waals surface area contributed by atoms with Crippen LogP contribution >= 0.6 is 0 Å². The first-order valence-corrected chi connectivity index (χ1v) is 10.5. The van der Waals surface area contributed by atoms with E-state index in [2.05, 4.69) is 5.10 Å². The van der Waals surface area contributed by atoms with Crippen molar-refractivity contribution in [3.05, 3.63) is 69.7 Å². The van der Waals surface area contributed by atoms with Crippen molar-refractivity contribution in [1.29, 1.82) is 0 Å². The van der Waals surface area contributed by atoms with E-state index in [-0.39, 0.29) is 0 Å². The Hall–Kier alpha value is -3.77. The first-order chi connectivity index (χ1) is 16.5. The third kappa shape index (κ3) is 4.75. The van der Waals surface area contributed by atoms with Crippen molar-refractivity contribution in [3.63, 3.8) is 0 Å². The van der Waals surface area contributed by atoms with E-state index in [0.717, 1.165) is 30.7 Å². The van der Waals surface area contributed by atoms with E-state index in [9.17, 15) is 31.5 Å². The molecule has 1 unspecified atom stereocenters. The lowest BCUT2D eigenvalue weighted by Gasteiger charge is -2.20. The van der Waals surface area contributed by atoms with Crippen LogP contribution in [-0.4, -0.2) is 32.5 Å². The molecule has 2 heterocycles. The standard InChI is InChI=1S/C22H18F6N4O3/c1-11(22(26,27)28)35-17-10-16(32-21(34)31-8-3-2-7-18(31)30-32)15(25)9-12(17)20(33)29-19-13(23)5-4-6-14(19)24/h4-6,9-11H,2-3,7-8H2,1H3,(H,29,33). The highest BCUT2D eigenvalue weighted by molar-refractivity contribution is 6.06. The van der Waals surface area contributed by atoms with Crippen molar-refractivity contribution in [2.45, 2.75) is 45.0 Å². The van der Waals surface area contributed by atoms with Gasteiger partial charge in [-0.2, -0.15) is 17.9 Å². The first-order valence-electron chi connectivity index (χ1n) is 10.5. The van der Waals surface area contributed by atoms with Crippen LogP contribution in [0.3, 0.4) is 0 Å². The summed E-state index contributed by atoms with van der Waals surface area (Å²) in [6.45, 7) is 1.00. The normalized spacial score (nSPS) is 14.4. The number of halogens is 6. The monoisotopic (exact) mass is 500 g/mol. The fourth-order valence-corrected chi connectivity index (χ4v) is 3.59. The molecule has 3 aromatic rings. The van der Waals surface area contributed by atoms with Gasteiger partial charge in [-0.15, -0.1) is 5.10 Å². The molecule has 0 aliphatic carbocycles. The van der Waals surface area contributed by atoms with E-state index in [4.69, 9.17) is 4.74 Å². The summed E-state index contributed by atoms with van der Waals surface area (Å²) in [4.78, 5) is 25.4. The number of carbonyl (C=O) groups excluding carboxylic acids is 1. The number of nitrogens with one attached hydrogen (secondary N) is 1. The second kappa shape index (κ2) is 9.12. The minimum absolute atomic E-state index is 0.346. The second-order valence-corrected chi connectivity index (χ2v) is 7.87. The van der Waals surface area contributed by atoms with Gasteiger partial charge in [-0.25, -0.2) is 18.0 Å². The summed E-state index contributed by atoms with van der Waals surface area (Å²) in [5.74, 6) is -5.22. The van der Waals surface area contributed by atoms with Crippen LogP contribution in [-0.2, 0) is 13.0 Å². The molecular weight excluding hydrogens is 482 g/mol. The molecule has 1 amide bonds. The van der Waals surface area contributed by atoms with Gasteiger partial charge in [0.1, 0.15) is 40.4 Å². The lowest BCUT2D eigenvalue weighted by molar-refractivity contribution is -0.189. The fraction of sp³-hybridized carbons (Fsp3) is 0.318. The third-order valence-electron chi connectivity index (χ3n) is 5.46. The zero-order chi connectivity index (χ0) is 25.5. The van der Waals surface area contributed by atoms with Crippen LogP contribution in [0.5, 0.6) is 5.75 Å². The van der Waals surface area contributed by atoms with Crippen LogP contribution in [0.4, 0.5) is 32.0 Å². The van der Waals surface area contributed by atoms with Crippen LogP contribution < -0.4 is 15.7 Å². The molecule has 2 aromatic carbocycles. The second-order valence-electron chi connectivity index (χ2n) is 7.87. The predicted molar refractivity (Wildman–Crippen MR) is 111 cm³/mol.